The Hall–Kier alpha value is -2.02. The number of nitrogens with zero attached hydrogens (tertiary/aromatic N) is 2. The summed E-state index contributed by atoms with van der Waals surface area (Å²) in [6.45, 7) is 5.94. The van der Waals surface area contributed by atoms with Gasteiger partial charge < -0.3 is 10.5 Å². The molecular formula is C13H17N3O3S. The normalized spacial score (nSPS) is 11.6. The average molecular weight is 295 g/mol. The van der Waals surface area contributed by atoms with Gasteiger partial charge in [0.2, 0.25) is 0 Å². The van der Waals surface area contributed by atoms with Gasteiger partial charge in [-0.25, -0.2) is 0 Å². The molecule has 0 aliphatic carbocycles. The van der Waals surface area contributed by atoms with E-state index in [1.165, 1.54) is 12.3 Å². The largest absolute Gasteiger partial charge is 0.494 e. The fourth-order valence-corrected chi connectivity index (χ4v) is 3.32. The summed E-state index contributed by atoms with van der Waals surface area (Å²) in [7, 11) is -3.73. The number of nitrogens with two attached hydrogens (primary N) is 1. The molecule has 7 heteroatoms. The van der Waals surface area contributed by atoms with E-state index in [2.05, 4.69) is 5.10 Å². The Kier molecular flexibility index (Phi) is 3.71. The fraction of sp³-hybridized carbons (Fsp3) is 0.308. The first-order valence-corrected chi connectivity index (χ1v) is 7.61. The Balaban J connectivity index is 2.55. The van der Waals surface area contributed by atoms with Crippen molar-refractivity contribution in [1.29, 1.82) is 0 Å². The predicted molar refractivity (Wildman–Crippen MR) is 76.3 cm³/mol. The van der Waals surface area contributed by atoms with E-state index in [4.69, 9.17) is 10.5 Å². The van der Waals surface area contributed by atoms with Crippen LogP contribution in [0.1, 0.15) is 18.1 Å². The Morgan fingerprint density at radius 2 is 2.00 bits per heavy atom. The monoisotopic (exact) mass is 295 g/mol. The summed E-state index contributed by atoms with van der Waals surface area (Å²) >= 11 is 0. The summed E-state index contributed by atoms with van der Waals surface area (Å²) in [5.41, 5.74) is 6.83. The zero-order valence-electron chi connectivity index (χ0n) is 11.6. The molecule has 2 rings (SSSR count). The van der Waals surface area contributed by atoms with Gasteiger partial charge in [0.05, 0.1) is 11.5 Å². The van der Waals surface area contributed by atoms with E-state index < -0.39 is 10.0 Å². The third kappa shape index (κ3) is 2.49. The molecule has 20 heavy (non-hydrogen) atoms. The molecule has 0 aliphatic rings. The molecule has 0 spiro atoms. The van der Waals surface area contributed by atoms with Crippen molar-refractivity contribution in [3.05, 3.63) is 35.5 Å². The van der Waals surface area contributed by atoms with Crippen LogP contribution in [0.5, 0.6) is 5.75 Å². The first-order chi connectivity index (χ1) is 9.36. The molecule has 1 heterocycles. The highest BCUT2D eigenvalue weighted by Crippen LogP contribution is 2.27. The maximum absolute atomic E-state index is 12.5. The number of aromatic nitrogens is 2. The van der Waals surface area contributed by atoms with Crippen LogP contribution in [-0.4, -0.2) is 24.2 Å². The highest BCUT2D eigenvalue weighted by atomic mass is 32.2. The smallest absolute Gasteiger partial charge is 0.283 e. The minimum absolute atomic E-state index is 0.161. The van der Waals surface area contributed by atoms with E-state index in [9.17, 15) is 8.42 Å². The number of hydrogen-bond donors (Lipinski definition) is 1. The Labute approximate surface area is 118 Å². The molecule has 1 aromatic carbocycles. The number of ether oxygens (including phenoxy) is 1. The zero-order valence-corrected chi connectivity index (χ0v) is 12.4. The van der Waals surface area contributed by atoms with Gasteiger partial charge in [0.15, 0.2) is 0 Å². The van der Waals surface area contributed by atoms with Crippen LogP contribution in [0, 0.1) is 13.8 Å². The lowest BCUT2D eigenvalue weighted by Gasteiger charge is -2.12. The second-order valence-electron chi connectivity index (χ2n) is 4.43. The van der Waals surface area contributed by atoms with Gasteiger partial charge in [-0.05, 0) is 44.0 Å². The third-order valence-corrected chi connectivity index (χ3v) is 4.57. The second kappa shape index (κ2) is 5.16. The lowest BCUT2D eigenvalue weighted by Crippen LogP contribution is -2.15. The lowest BCUT2D eigenvalue weighted by atomic mass is 10.1. The van der Waals surface area contributed by atoms with Crippen molar-refractivity contribution in [2.45, 2.75) is 25.7 Å². The van der Waals surface area contributed by atoms with Crippen molar-refractivity contribution in [2.24, 2.45) is 0 Å². The van der Waals surface area contributed by atoms with Crippen molar-refractivity contribution in [3.63, 3.8) is 0 Å². The van der Waals surface area contributed by atoms with Gasteiger partial charge in [-0.1, -0.05) is 0 Å². The van der Waals surface area contributed by atoms with E-state index in [0.29, 0.717) is 17.9 Å². The summed E-state index contributed by atoms with van der Waals surface area (Å²) in [6, 6.07) is 4.75. The highest BCUT2D eigenvalue weighted by molar-refractivity contribution is 7.89. The first kappa shape index (κ1) is 14.4. The van der Waals surface area contributed by atoms with Crippen LogP contribution in [0.3, 0.4) is 0 Å². The summed E-state index contributed by atoms with van der Waals surface area (Å²) in [5, 5.41) is 3.76. The zero-order chi connectivity index (χ0) is 14.9. The van der Waals surface area contributed by atoms with Crippen LogP contribution in [0.4, 0.5) is 5.82 Å². The standard InChI is InChI=1S/C13H17N3O3S/c1-4-19-11-7-10(3)12(8-9(11)2)20(17,18)16-6-5-13(14)15-16/h5-8H,4H2,1-3H3,(H2,14,15). The van der Waals surface area contributed by atoms with Crippen molar-refractivity contribution in [1.82, 2.24) is 9.19 Å². The van der Waals surface area contributed by atoms with Crippen LogP contribution in [-0.2, 0) is 10.0 Å². The molecule has 0 amide bonds. The molecule has 108 valence electrons. The summed E-state index contributed by atoms with van der Waals surface area (Å²) in [5.74, 6) is 0.845. The lowest BCUT2D eigenvalue weighted by molar-refractivity contribution is 0.337. The van der Waals surface area contributed by atoms with Crippen LogP contribution in [0.25, 0.3) is 0 Å². The minimum atomic E-state index is -3.73. The van der Waals surface area contributed by atoms with E-state index in [0.717, 1.165) is 9.65 Å². The van der Waals surface area contributed by atoms with Crippen molar-refractivity contribution < 1.29 is 13.2 Å². The maximum atomic E-state index is 12.5. The molecule has 0 fully saturated rings. The van der Waals surface area contributed by atoms with E-state index in [1.54, 1.807) is 26.0 Å². The van der Waals surface area contributed by atoms with Crippen molar-refractivity contribution in [2.75, 3.05) is 12.3 Å². The number of aryl methyl sites for hydroxylation is 2. The molecule has 2 N–H and O–H groups in total. The molecular weight excluding hydrogens is 278 g/mol. The van der Waals surface area contributed by atoms with Crippen molar-refractivity contribution in [3.8, 4) is 5.75 Å². The Morgan fingerprint density at radius 1 is 1.30 bits per heavy atom. The van der Waals surface area contributed by atoms with Gasteiger partial charge in [-0.2, -0.15) is 12.5 Å². The summed E-state index contributed by atoms with van der Waals surface area (Å²) in [4.78, 5) is 0.196. The Morgan fingerprint density at radius 3 is 2.55 bits per heavy atom. The van der Waals surface area contributed by atoms with Crippen LogP contribution in [0.15, 0.2) is 29.3 Å². The summed E-state index contributed by atoms with van der Waals surface area (Å²) in [6.07, 6.45) is 1.33. The molecule has 0 atom stereocenters. The molecule has 2 aromatic rings. The number of anilines is 1. The molecule has 0 radical (unpaired) electrons. The SMILES string of the molecule is CCOc1cc(C)c(S(=O)(=O)n2ccc(N)n2)cc1C. The van der Waals surface area contributed by atoms with E-state index in [1.807, 2.05) is 6.92 Å². The number of rotatable bonds is 4. The third-order valence-electron chi connectivity index (χ3n) is 2.88. The molecule has 0 unspecified atom stereocenters. The van der Waals surface area contributed by atoms with Crippen LogP contribution >= 0.6 is 0 Å². The maximum Gasteiger partial charge on any atom is 0.283 e. The molecule has 0 aliphatic heterocycles. The quantitative estimate of drug-likeness (QED) is 0.928. The highest BCUT2D eigenvalue weighted by Gasteiger charge is 2.21. The van der Waals surface area contributed by atoms with E-state index >= 15 is 0 Å². The first-order valence-electron chi connectivity index (χ1n) is 6.17. The topological polar surface area (TPSA) is 87.2 Å². The Bertz CT molecular complexity index is 735. The van der Waals surface area contributed by atoms with Crippen molar-refractivity contribution >= 4 is 15.8 Å². The van der Waals surface area contributed by atoms with E-state index in [-0.39, 0.29) is 10.7 Å². The fourth-order valence-electron chi connectivity index (χ4n) is 1.91. The number of benzene rings is 1. The second-order valence-corrected chi connectivity index (χ2v) is 6.20. The van der Waals surface area contributed by atoms with Gasteiger partial charge >= 0.3 is 0 Å². The van der Waals surface area contributed by atoms with Gasteiger partial charge in [-0.3, -0.25) is 0 Å². The van der Waals surface area contributed by atoms with Gasteiger partial charge in [-0.15, -0.1) is 5.10 Å². The minimum Gasteiger partial charge on any atom is -0.494 e. The van der Waals surface area contributed by atoms with Gasteiger partial charge in [0, 0.05) is 12.3 Å². The molecule has 0 bridgehead atoms. The van der Waals surface area contributed by atoms with Crippen LogP contribution in [0.2, 0.25) is 0 Å². The van der Waals surface area contributed by atoms with Crippen LogP contribution < -0.4 is 10.5 Å². The molecule has 6 nitrogen and oxygen atoms in total. The molecule has 1 aromatic heterocycles. The molecule has 0 saturated heterocycles. The van der Waals surface area contributed by atoms with Gasteiger partial charge in [0.1, 0.15) is 11.6 Å². The number of hydrogen-bond acceptors (Lipinski definition) is 5. The summed E-state index contributed by atoms with van der Waals surface area (Å²) < 4.78 is 31.3. The predicted octanol–water partition coefficient (Wildman–Crippen LogP) is 1.72. The molecule has 0 saturated carbocycles. The average Bonchev–Trinajstić information content (AvgIpc) is 2.81. The number of nitrogen functional groups attached to an aromatic ring is 1. The van der Waals surface area contributed by atoms with Gasteiger partial charge in [0.25, 0.3) is 10.0 Å².